The number of Topliss-reactive ketones (excluding diaryl/α,β-unsaturated/α-hetero) is 1. The highest BCUT2D eigenvalue weighted by Crippen LogP contribution is 2.26. The molecule has 2 aromatic carbocycles. The van der Waals surface area contributed by atoms with Crippen LogP contribution in [0.25, 0.3) is 11.1 Å². The van der Waals surface area contributed by atoms with Crippen molar-refractivity contribution in [3.05, 3.63) is 59.2 Å². The molecule has 102 valence electrons. The number of carbonyl (C=O) groups is 2. The molecule has 2 rings (SSSR count). The first-order valence-electron chi connectivity index (χ1n) is 6.34. The van der Waals surface area contributed by atoms with Crippen molar-refractivity contribution in [2.24, 2.45) is 0 Å². The number of esters is 1. The third-order valence-corrected chi connectivity index (χ3v) is 3.26. The Kier molecular flexibility index (Phi) is 3.99. The minimum Gasteiger partial charge on any atom is -0.465 e. The molecular weight excluding hydrogens is 252 g/mol. The lowest BCUT2D eigenvalue weighted by atomic mass is 9.95. The van der Waals surface area contributed by atoms with Crippen LogP contribution in [0.3, 0.4) is 0 Å². The van der Waals surface area contributed by atoms with Gasteiger partial charge in [0.1, 0.15) is 0 Å². The lowest BCUT2D eigenvalue weighted by Gasteiger charge is -2.10. The van der Waals surface area contributed by atoms with Crippen molar-refractivity contribution < 1.29 is 14.3 Å². The van der Waals surface area contributed by atoms with E-state index in [0.29, 0.717) is 11.1 Å². The molecule has 2 aromatic rings. The van der Waals surface area contributed by atoms with Crippen molar-refractivity contribution in [2.45, 2.75) is 13.8 Å². The molecule has 0 amide bonds. The Morgan fingerprint density at radius 3 is 2.35 bits per heavy atom. The van der Waals surface area contributed by atoms with E-state index in [2.05, 4.69) is 0 Å². The molecule has 0 saturated carbocycles. The summed E-state index contributed by atoms with van der Waals surface area (Å²) in [6, 6.07) is 12.9. The molecule has 3 heteroatoms. The second-order valence-corrected chi connectivity index (χ2v) is 4.62. The number of ketones is 1. The molecule has 0 spiro atoms. The zero-order valence-corrected chi connectivity index (χ0v) is 11.8. The zero-order valence-electron chi connectivity index (χ0n) is 11.8. The quantitative estimate of drug-likeness (QED) is 0.630. The van der Waals surface area contributed by atoms with E-state index in [0.717, 1.165) is 16.7 Å². The monoisotopic (exact) mass is 268 g/mol. The summed E-state index contributed by atoms with van der Waals surface area (Å²) in [6.45, 7) is 3.39. The van der Waals surface area contributed by atoms with Gasteiger partial charge in [0.2, 0.25) is 0 Å². The first-order valence-corrected chi connectivity index (χ1v) is 6.34. The van der Waals surface area contributed by atoms with Crippen LogP contribution in [-0.2, 0) is 4.74 Å². The fourth-order valence-corrected chi connectivity index (χ4v) is 2.16. The van der Waals surface area contributed by atoms with E-state index in [9.17, 15) is 9.59 Å². The number of benzene rings is 2. The van der Waals surface area contributed by atoms with Gasteiger partial charge in [-0.15, -0.1) is 0 Å². The topological polar surface area (TPSA) is 43.4 Å². The van der Waals surface area contributed by atoms with Gasteiger partial charge in [-0.3, -0.25) is 4.79 Å². The molecule has 0 fully saturated rings. The number of ether oxygens (including phenoxy) is 1. The van der Waals surface area contributed by atoms with Crippen LogP contribution in [0.5, 0.6) is 0 Å². The van der Waals surface area contributed by atoms with Crippen LogP contribution >= 0.6 is 0 Å². The van der Waals surface area contributed by atoms with E-state index in [4.69, 9.17) is 4.74 Å². The van der Waals surface area contributed by atoms with E-state index in [1.165, 1.54) is 14.0 Å². The maximum Gasteiger partial charge on any atom is 0.338 e. The summed E-state index contributed by atoms with van der Waals surface area (Å²) in [5, 5.41) is 0. The molecule has 0 radical (unpaired) electrons. The van der Waals surface area contributed by atoms with E-state index >= 15 is 0 Å². The Morgan fingerprint density at radius 1 is 1.00 bits per heavy atom. The number of aryl methyl sites for hydroxylation is 1. The number of carbonyl (C=O) groups excluding carboxylic acids is 2. The fraction of sp³-hybridized carbons (Fsp3) is 0.176. The highest BCUT2D eigenvalue weighted by Gasteiger charge is 2.13. The molecule has 3 nitrogen and oxygen atoms in total. The SMILES string of the molecule is COC(=O)c1cc(-c2ccccc2C(C)=O)ccc1C. The normalized spacial score (nSPS) is 10.2. The van der Waals surface area contributed by atoms with Gasteiger partial charge in [0.25, 0.3) is 0 Å². The molecule has 0 aliphatic carbocycles. The smallest absolute Gasteiger partial charge is 0.338 e. The Hall–Kier alpha value is -2.42. The summed E-state index contributed by atoms with van der Waals surface area (Å²) < 4.78 is 4.78. The number of hydrogen-bond acceptors (Lipinski definition) is 3. The standard InChI is InChI=1S/C17H16O3/c1-11-8-9-13(10-16(11)17(19)20-3)15-7-5-4-6-14(15)12(2)18/h4-10H,1-3H3. The van der Waals surface area contributed by atoms with Crippen molar-refractivity contribution in [1.29, 1.82) is 0 Å². The first kappa shape index (κ1) is 14.0. The van der Waals surface area contributed by atoms with Gasteiger partial charge < -0.3 is 4.74 Å². The van der Waals surface area contributed by atoms with E-state index in [1.807, 2.05) is 37.3 Å². The number of methoxy groups -OCH3 is 1. The lowest BCUT2D eigenvalue weighted by Crippen LogP contribution is -2.04. The van der Waals surface area contributed by atoms with Crippen LogP contribution in [-0.4, -0.2) is 18.9 Å². The lowest BCUT2D eigenvalue weighted by molar-refractivity contribution is 0.0600. The Labute approximate surface area is 118 Å². The van der Waals surface area contributed by atoms with Crippen molar-refractivity contribution in [1.82, 2.24) is 0 Å². The second kappa shape index (κ2) is 5.70. The number of rotatable bonds is 3. The van der Waals surface area contributed by atoms with E-state index in [1.54, 1.807) is 12.1 Å². The highest BCUT2D eigenvalue weighted by atomic mass is 16.5. The molecule has 0 aliphatic rings. The van der Waals surface area contributed by atoms with Gasteiger partial charge >= 0.3 is 5.97 Å². The molecule has 0 unspecified atom stereocenters. The van der Waals surface area contributed by atoms with Gasteiger partial charge in [-0.05, 0) is 36.6 Å². The maximum atomic E-state index is 11.7. The van der Waals surface area contributed by atoms with Gasteiger partial charge in [-0.2, -0.15) is 0 Å². The van der Waals surface area contributed by atoms with Crippen molar-refractivity contribution in [3.8, 4) is 11.1 Å². The minimum absolute atomic E-state index is 0.000734. The number of hydrogen-bond donors (Lipinski definition) is 0. The van der Waals surface area contributed by atoms with Crippen LogP contribution in [0, 0.1) is 6.92 Å². The zero-order chi connectivity index (χ0) is 14.7. The van der Waals surface area contributed by atoms with Crippen molar-refractivity contribution in [3.63, 3.8) is 0 Å². The largest absolute Gasteiger partial charge is 0.465 e. The van der Waals surface area contributed by atoms with Gasteiger partial charge in [-0.1, -0.05) is 36.4 Å². The average molecular weight is 268 g/mol. The summed E-state index contributed by atoms with van der Waals surface area (Å²) >= 11 is 0. The first-order chi connectivity index (χ1) is 9.54. The molecule has 0 aromatic heterocycles. The molecule has 0 heterocycles. The minimum atomic E-state index is -0.371. The Morgan fingerprint density at radius 2 is 1.70 bits per heavy atom. The van der Waals surface area contributed by atoms with Gasteiger partial charge in [0.15, 0.2) is 5.78 Å². The molecule has 0 aliphatic heterocycles. The van der Waals surface area contributed by atoms with E-state index in [-0.39, 0.29) is 11.8 Å². The third-order valence-electron chi connectivity index (χ3n) is 3.26. The Bertz CT molecular complexity index is 672. The van der Waals surface area contributed by atoms with Crippen molar-refractivity contribution >= 4 is 11.8 Å². The summed E-state index contributed by atoms with van der Waals surface area (Å²) in [6.07, 6.45) is 0. The predicted molar refractivity (Wildman–Crippen MR) is 78.0 cm³/mol. The molecule has 20 heavy (non-hydrogen) atoms. The van der Waals surface area contributed by atoms with Crippen LogP contribution in [0.1, 0.15) is 33.2 Å². The molecule has 0 saturated heterocycles. The van der Waals surface area contributed by atoms with Crippen LogP contribution in [0.2, 0.25) is 0 Å². The second-order valence-electron chi connectivity index (χ2n) is 4.62. The van der Waals surface area contributed by atoms with Gasteiger partial charge in [0.05, 0.1) is 12.7 Å². The maximum absolute atomic E-state index is 11.7. The molecule has 0 bridgehead atoms. The van der Waals surface area contributed by atoms with Crippen LogP contribution < -0.4 is 0 Å². The van der Waals surface area contributed by atoms with E-state index < -0.39 is 0 Å². The summed E-state index contributed by atoms with van der Waals surface area (Å²) in [7, 11) is 1.36. The molecule has 0 atom stereocenters. The predicted octanol–water partition coefficient (Wildman–Crippen LogP) is 3.65. The summed E-state index contributed by atoms with van der Waals surface area (Å²) in [5.74, 6) is -0.370. The average Bonchev–Trinajstić information content (AvgIpc) is 2.47. The van der Waals surface area contributed by atoms with Gasteiger partial charge in [-0.25, -0.2) is 4.79 Å². The third kappa shape index (κ3) is 2.62. The van der Waals surface area contributed by atoms with Crippen molar-refractivity contribution in [2.75, 3.05) is 7.11 Å². The molecule has 0 N–H and O–H groups in total. The highest BCUT2D eigenvalue weighted by molar-refractivity contribution is 6.01. The summed E-state index contributed by atoms with van der Waals surface area (Å²) in [4.78, 5) is 23.4. The van der Waals surface area contributed by atoms with Gasteiger partial charge in [0, 0.05) is 5.56 Å². The molecular formula is C17H16O3. The van der Waals surface area contributed by atoms with Crippen LogP contribution in [0.4, 0.5) is 0 Å². The Balaban J connectivity index is 2.60. The fourth-order valence-electron chi connectivity index (χ4n) is 2.16. The summed E-state index contributed by atoms with van der Waals surface area (Å²) in [5.41, 5.74) is 3.67. The van der Waals surface area contributed by atoms with Crippen LogP contribution in [0.15, 0.2) is 42.5 Å².